The first-order chi connectivity index (χ1) is 12.9. The molecule has 0 spiro atoms. The zero-order valence-corrected chi connectivity index (χ0v) is 15.9. The molecule has 27 heavy (non-hydrogen) atoms. The van der Waals surface area contributed by atoms with Gasteiger partial charge >= 0.3 is 0 Å². The van der Waals surface area contributed by atoms with Crippen LogP contribution in [-0.2, 0) is 14.6 Å². The number of amides is 1. The van der Waals surface area contributed by atoms with Crippen molar-refractivity contribution in [2.45, 2.75) is 19.3 Å². The number of sulfone groups is 1. The molecule has 2 saturated heterocycles. The van der Waals surface area contributed by atoms with Gasteiger partial charge in [-0.15, -0.1) is 0 Å². The maximum atomic E-state index is 12.8. The summed E-state index contributed by atoms with van der Waals surface area (Å²) in [7, 11) is -3.07. The van der Waals surface area contributed by atoms with E-state index in [1.807, 2.05) is 0 Å². The van der Waals surface area contributed by atoms with Crippen molar-refractivity contribution in [3.63, 3.8) is 0 Å². The highest BCUT2D eigenvalue weighted by molar-refractivity contribution is 7.91. The van der Waals surface area contributed by atoms with Gasteiger partial charge in [0.25, 0.3) is 0 Å². The smallest absolute Gasteiger partial charge is 0.226 e. The van der Waals surface area contributed by atoms with Crippen LogP contribution in [0.1, 0.15) is 29.6 Å². The van der Waals surface area contributed by atoms with E-state index >= 15 is 0 Å². The number of Topliss-reactive ketones (excluding diaryl/α,β-unsaturated/α-hetero) is 1. The van der Waals surface area contributed by atoms with Crippen molar-refractivity contribution in [1.82, 2.24) is 4.90 Å². The van der Waals surface area contributed by atoms with Gasteiger partial charge in [-0.25, -0.2) is 8.42 Å². The Labute approximate surface area is 158 Å². The Morgan fingerprint density at radius 2 is 1.67 bits per heavy atom. The van der Waals surface area contributed by atoms with E-state index in [2.05, 4.69) is 0 Å². The number of carbonyl (C=O) groups is 2. The van der Waals surface area contributed by atoms with E-state index < -0.39 is 15.8 Å². The van der Waals surface area contributed by atoms with Crippen LogP contribution in [-0.4, -0.2) is 62.8 Å². The van der Waals surface area contributed by atoms with Crippen molar-refractivity contribution in [3.8, 4) is 11.5 Å². The first-order valence-corrected chi connectivity index (χ1v) is 11.2. The van der Waals surface area contributed by atoms with Crippen LogP contribution in [0, 0.1) is 11.8 Å². The summed E-state index contributed by atoms with van der Waals surface area (Å²) in [5.41, 5.74) is 0.603. The predicted molar refractivity (Wildman–Crippen MR) is 97.8 cm³/mol. The van der Waals surface area contributed by atoms with Gasteiger partial charge < -0.3 is 14.4 Å². The molecule has 3 aliphatic rings. The largest absolute Gasteiger partial charge is 0.486 e. The van der Waals surface area contributed by atoms with Crippen molar-refractivity contribution in [2.24, 2.45) is 11.8 Å². The molecular formula is C19H23NO6S. The van der Waals surface area contributed by atoms with Crippen molar-refractivity contribution in [3.05, 3.63) is 23.8 Å². The molecule has 3 heterocycles. The van der Waals surface area contributed by atoms with Gasteiger partial charge in [-0.3, -0.25) is 9.59 Å². The molecule has 0 aromatic heterocycles. The minimum absolute atomic E-state index is 0.0398. The van der Waals surface area contributed by atoms with Gasteiger partial charge in [0.1, 0.15) is 13.2 Å². The van der Waals surface area contributed by atoms with Crippen LogP contribution in [0.5, 0.6) is 11.5 Å². The van der Waals surface area contributed by atoms with Crippen LogP contribution in [0.2, 0.25) is 0 Å². The Hall–Kier alpha value is -2.09. The Bertz CT molecular complexity index is 857. The second kappa shape index (κ2) is 7.14. The van der Waals surface area contributed by atoms with Gasteiger partial charge in [0.15, 0.2) is 27.1 Å². The van der Waals surface area contributed by atoms with Gasteiger partial charge in [0.05, 0.1) is 17.4 Å². The minimum atomic E-state index is -3.07. The molecule has 0 saturated carbocycles. The van der Waals surface area contributed by atoms with Crippen molar-refractivity contribution < 1.29 is 27.5 Å². The summed E-state index contributed by atoms with van der Waals surface area (Å²) in [4.78, 5) is 27.1. The number of likely N-dealkylation sites (tertiary alicyclic amines) is 1. The third-order valence-electron chi connectivity index (χ3n) is 5.59. The van der Waals surface area contributed by atoms with Gasteiger partial charge in [0, 0.05) is 24.6 Å². The first kappa shape index (κ1) is 18.3. The number of rotatable bonds is 3. The van der Waals surface area contributed by atoms with Crippen LogP contribution < -0.4 is 9.47 Å². The molecule has 3 aliphatic heterocycles. The average Bonchev–Trinajstić information content (AvgIpc) is 3.06. The number of nitrogens with zero attached hydrogens (tertiary/aromatic N) is 1. The normalized spacial score (nSPS) is 24.6. The highest BCUT2D eigenvalue weighted by atomic mass is 32.2. The molecule has 1 atom stereocenters. The van der Waals surface area contributed by atoms with E-state index in [4.69, 9.17) is 9.47 Å². The monoisotopic (exact) mass is 393 g/mol. The Kier molecular flexibility index (Phi) is 4.84. The van der Waals surface area contributed by atoms with Crippen molar-refractivity contribution in [2.75, 3.05) is 37.8 Å². The summed E-state index contributed by atoms with van der Waals surface area (Å²) in [6.45, 7) is 1.98. The van der Waals surface area contributed by atoms with E-state index in [0.717, 1.165) is 0 Å². The molecule has 0 bridgehead atoms. The zero-order valence-electron chi connectivity index (χ0n) is 15.1. The highest BCUT2D eigenvalue weighted by Crippen LogP contribution is 2.33. The van der Waals surface area contributed by atoms with Crippen LogP contribution in [0.3, 0.4) is 0 Å². The summed E-state index contributed by atoms with van der Waals surface area (Å²) in [5.74, 6) is 0.740. The van der Waals surface area contributed by atoms with Crippen molar-refractivity contribution in [1.29, 1.82) is 0 Å². The van der Waals surface area contributed by atoms with Gasteiger partial charge in [-0.05, 0) is 37.5 Å². The number of fused-ring (bicyclic) bond motifs is 1. The van der Waals surface area contributed by atoms with Gasteiger partial charge in [-0.2, -0.15) is 0 Å². The van der Waals surface area contributed by atoms with Crippen LogP contribution >= 0.6 is 0 Å². The molecule has 0 N–H and O–H groups in total. The number of ketones is 1. The third-order valence-corrected chi connectivity index (χ3v) is 7.35. The fraction of sp³-hybridized carbons (Fsp3) is 0.579. The molecule has 1 aromatic carbocycles. The van der Waals surface area contributed by atoms with Crippen LogP contribution in [0.15, 0.2) is 18.2 Å². The van der Waals surface area contributed by atoms with Gasteiger partial charge in [0.2, 0.25) is 5.91 Å². The standard InChI is InChI=1S/C19H23NO6S/c21-18(14-1-2-16-17(11-14)26-9-8-25-16)13-3-6-20(7-4-13)19(22)15-5-10-27(23,24)12-15/h1-2,11,13,15H,3-10,12H2. The second-order valence-electron chi connectivity index (χ2n) is 7.42. The van der Waals surface area contributed by atoms with E-state index in [1.165, 1.54) is 0 Å². The zero-order chi connectivity index (χ0) is 19.0. The molecule has 0 radical (unpaired) electrons. The summed E-state index contributed by atoms with van der Waals surface area (Å²) < 4.78 is 34.2. The van der Waals surface area contributed by atoms with Crippen molar-refractivity contribution >= 4 is 21.5 Å². The van der Waals surface area contributed by atoms with E-state index in [0.29, 0.717) is 62.6 Å². The molecule has 7 nitrogen and oxygen atoms in total. The van der Waals surface area contributed by atoms with Gasteiger partial charge in [-0.1, -0.05) is 0 Å². The lowest BCUT2D eigenvalue weighted by atomic mass is 9.88. The Balaban J connectivity index is 1.36. The van der Waals surface area contributed by atoms with E-state index in [1.54, 1.807) is 23.1 Å². The van der Waals surface area contributed by atoms with Crippen LogP contribution in [0.25, 0.3) is 0 Å². The number of hydrogen-bond acceptors (Lipinski definition) is 6. The average molecular weight is 393 g/mol. The first-order valence-electron chi connectivity index (χ1n) is 9.36. The number of hydrogen-bond donors (Lipinski definition) is 0. The molecule has 0 aliphatic carbocycles. The highest BCUT2D eigenvalue weighted by Gasteiger charge is 2.37. The molecule has 1 unspecified atom stereocenters. The van der Waals surface area contributed by atoms with Crippen LogP contribution in [0.4, 0.5) is 0 Å². The molecule has 8 heteroatoms. The lowest BCUT2D eigenvalue weighted by Crippen LogP contribution is -2.43. The Morgan fingerprint density at radius 1 is 0.963 bits per heavy atom. The quantitative estimate of drug-likeness (QED) is 0.720. The summed E-state index contributed by atoms with van der Waals surface area (Å²) in [6.07, 6.45) is 1.61. The molecule has 2 fully saturated rings. The molecular weight excluding hydrogens is 370 g/mol. The maximum absolute atomic E-state index is 12.8. The fourth-order valence-corrected chi connectivity index (χ4v) is 5.77. The number of ether oxygens (including phenoxy) is 2. The predicted octanol–water partition coefficient (Wildman–Crippen LogP) is 1.31. The summed E-state index contributed by atoms with van der Waals surface area (Å²) in [5, 5.41) is 0. The SMILES string of the molecule is O=C(c1ccc2c(c1)OCCO2)C1CCN(C(=O)C2CCS(=O)(=O)C2)CC1. The number of piperidine rings is 1. The number of carbonyl (C=O) groups excluding carboxylic acids is 2. The summed E-state index contributed by atoms with van der Waals surface area (Å²) >= 11 is 0. The topological polar surface area (TPSA) is 90.0 Å². The van der Waals surface area contributed by atoms with E-state index in [9.17, 15) is 18.0 Å². The molecule has 146 valence electrons. The van der Waals surface area contributed by atoms with E-state index in [-0.39, 0.29) is 29.1 Å². The number of benzene rings is 1. The third kappa shape index (κ3) is 3.81. The lowest BCUT2D eigenvalue weighted by molar-refractivity contribution is -0.136. The summed E-state index contributed by atoms with van der Waals surface area (Å²) in [6, 6.07) is 5.26. The minimum Gasteiger partial charge on any atom is -0.486 e. The fourth-order valence-electron chi connectivity index (χ4n) is 4.04. The maximum Gasteiger partial charge on any atom is 0.226 e. The molecule has 1 amide bonds. The Morgan fingerprint density at radius 3 is 2.33 bits per heavy atom. The second-order valence-corrected chi connectivity index (χ2v) is 9.65. The molecule has 1 aromatic rings. The lowest BCUT2D eigenvalue weighted by Gasteiger charge is -2.33. The molecule has 4 rings (SSSR count).